The molecule has 0 saturated carbocycles. The number of imidazole rings is 1. The van der Waals surface area contributed by atoms with Crippen molar-refractivity contribution < 1.29 is 33.8 Å². The van der Waals surface area contributed by atoms with E-state index >= 15 is 0 Å². The fourth-order valence-corrected chi connectivity index (χ4v) is 5.69. The molecular formula is C32H39N5O7S. The van der Waals surface area contributed by atoms with Crippen molar-refractivity contribution in [2.75, 3.05) is 25.4 Å². The van der Waals surface area contributed by atoms with E-state index in [1.165, 1.54) is 17.7 Å². The Balaban J connectivity index is 1.22. The topological polar surface area (TPSA) is 161 Å². The third-order valence-electron chi connectivity index (χ3n) is 7.05. The first-order valence-corrected chi connectivity index (χ1v) is 15.6. The molecule has 4 N–H and O–H groups in total. The lowest BCUT2D eigenvalue weighted by molar-refractivity contribution is -0.140. The standard InChI is InChI=1S/C32H39N5O7S/c1-19(35-31(42)44-32(3,4)5)28-36-27(16-37(28)20(2)29(39)40)45-18-26(38)33-14-15-34-30(41)43-17-25-23-12-8-6-10-21(23)22-11-7-9-13-24(22)25/h6-13,16,19-20,25H,14-15,17-18H2,1-5H3,(H,33,38)(H,34,41)(H,35,42)(H,39,40)/t19-,20?/m0/s1. The Morgan fingerprint density at radius 2 is 1.56 bits per heavy atom. The lowest BCUT2D eigenvalue weighted by Gasteiger charge is -2.22. The molecule has 240 valence electrons. The highest BCUT2D eigenvalue weighted by molar-refractivity contribution is 7.99. The third kappa shape index (κ3) is 8.78. The van der Waals surface area contributed by atoms with Crippen LogP contribution in [0.3, 0.4) is 0 Å². The van der Waals surface area contributed by atoms with Crippen LogP contribution < -0.4 is 16.0 Å². The average molecular weight is 638 g/mol. The Morgan fingerprint density at radius 3 is 2.16 bits per heavy atom. The van der Waals surface area contributed by atoms with Gasteiger partial charge in [0, 0.05) is 25.2 Å². The van der Waals surface area contributed by atoms with Gasteiger partial charge in [-0.05, 0) is 56.9 Å². The molecule has 1 aliphatic rings. The zero-order valence-corrected chi connectivity index (χ0v) is 26.8. The summed E-state index contributed by atoms with van der Waals surface area (Å²) < 4.78 is 12.3. The number of aromatic nitrogens is 2. The van der Waals surface area contributed by atoms with Crippen LogP contribution in [-0.4, -0.2) is 69.8 Å². The van der Waals surface area contributed by atoms with Crippen LogP contribution in [0.2, 0.25) is 0 Å². The summed E-state index contributed by atoms with van der Waals surface area (Å²) in [7, 11) is 0. The fourth-order valence-electron chi connectivity index (χ4n) is 4.96. The van der Waals surface area contributed by atoms with Crippen LogP contribution in [0.15, 0.2) is 59.8 Å². The number of alkyl carbamates (subject to hydrolysis) is 2. The van der Waals surface area contributed by atoms with Gasteiger partial charge in [0.2, 0.25) is 5.91 Å². The molecule has 0 aliphatic heterocycles. The van der Waals surface area contributed by atoms with E-state index in [0.29, 0.717) is 10.9 Å². The van der Waals surface area contributed by atoms with E-state index in [1.54, 1.807) is 27.7 Å². The fraction of sp³-hybridized carbons (Fsp3) is 0.406. The molecule has 0 radical (unpaired) electrons. The Bertz CT molecular complexity index is 1510. The molecule has 2 atom stereocenters. The first-order valence-electron chi connectivity index (χ1n) is 14.6. The maximum atomic E-state index is 12.5. The van der Waals surface area contributed by atoms with Crippen molar-refractivity contribution >= 4 is 35.8 Å². The molecule has 1 unspecified atom stereocenters. The first kappa shape index (κ1) is 33.4. The number of nitrogens with one attached hydrogen (secondary N) is 3. The molecule has 13 heteroatoms. The van der Waals surface area contributed by atoms with E-state index in [1.807, 2.05) is 36.4 Å². The van der Waals surface area contributed by atoms with E-state index in [2.05, 4.69) is 33.1 Å². The minimum Gasteiger partial charge on any atom is -0.480 e. The molecule has 3 aromatic rings. The van der Waals surface area contributed by atoms with E-state index < -0.39 is 35.8 Å². The number of thioether (sulfide) groups is 1. The molecule has 12 nitrogen and oxygen atoms in total. The van der Waals surface area contributed by atoms with Crippen LogP contribution in [0.1, 0.15) is 69.6 Å². The number of carbonyl (C=O) groups is 4. The number of carboxylic acids is 1. The quantitative estimate of drug-likeness (QED) is 0.161. The summed E-state index contributed by atoms with van der Waals surface area (Å²) in [4.78, 5) is 53.3. The number of hydrogen-bond donors (Lipinski definition) is 4. The zero-order chi connectivity index (χ0) is 32.7. The predicted octanol–water partition coefficient (Wildman–Crippen LogP) is 4.86. The van der Waals surface area contributed by atoms with Crippen molar-refractivity contribution in [1.29, 1.82) is 0 Å². The number of aliphatic carboxylic acids is 1. The highest BCUT2D eigenvalue weighted by Crippen LogP contribution is 2.44. The summed E-state index contributed by atoms with van der Waals surface area (Å²) in [5.74, 6) is -1.09. The molecule has 1 aromatic heterocycles. The van der Waals surface area contributed by atoms with Crippen LogP contribution in [0.4, 0.5) is 9.59 Å². The van der Waals surface area contributed by atoms with Gasteiger partial charge >= 0.3 is 18.2 Å². The molecule has 2 aromatic carbocycles. The van der Waals surface area contributed by atoms with Crippen molar-refractivity contribution in [2.24, 2.45) is 0 Å². The molecule has 4 rings (SSSR count). The number of fused-ring (bicyclic) bond motifs is 3. The van der Waals surface area contributed by atoms with Crippen molar-refractivity contribution in [3.63, 3.8) is 0 Å². The molecule has 0 bridgehead atoms. The molecule has 1 aliphatic carbocycles. The van der Waals surface area contributed by atoms with Gasteiger partial charge < -0.3 is 35.1 Å². The molecule has 0 saturated heterocycles. The van der Waals surface area contributed by atoms with Gasteiger partial charge in [0.15, 0.2) is 0 Å². The van der Waals surface area contributed by atoms with Crippen LogP contribution in [-0.2, 0) is 19.1 Å². The minimum atomic E-state index is -1.07. The number of carbonyl (C=O) groups excluding carboxylic acids is 3. The van der Waals surface area contributed by atoms with Crippen molar-refractivity contribution in [2.45, 2.75) is 63.2 Å². The molecular weight excluding hydrogens is 598 g/mol. The zero-order valence-electron chi connectivity index (χ0n) is 26.0. The van der Waals surface area contributed by atoms with Gasteiger partial charge in [0.1, 0.15) is 29.1 Å². The van der Waals surface area contributed by atoms with E-state index in [-0.39, 0.29) is 37.3 Å². The summed E-state index contributed by atoms with van der Waals surface area (Å²) in [5.41, 5.74) is 3.84. The largest absolute Gasteiger partial charge is 0.480 e. The Kier molecular flexibility index (Phi) is 10.8. The maximum Gasteiger partial charge on any atom is 0.408 e. The van der Waals surface area contributed by atoms with E-state index in [0.717, 1.165) is 34.0 Å². The molecule has 3 amide bonds. The second kappa shape index (κ2) is 14.5. The second-order valence-corrected chi connectivity index (χ2v) is 12.6. The summed E-state index contributed by atoms with van der Waals surface area (Å²) >= 11 is 1.12. The van der Waals surface area contributed by atoms with Crippen LogP contribution in [0, 0.1) is 0 Å². The maximum absolute atomic E-state index is 12.5. The lowest BCUT2D eigenvalue weighted by atomic mass is 9.98. The van der Waals surface area contributed by atoms with Crippen molar-refractivity contribution in [1.82, 2.24) is 25.5 Å². The first-order chi connectivity index (χ1) is 21.3. The lowest BCUT2D eigenvalue weighted by Crippen LogP contribution is -2.36. The number of amides is 3. The summed E-state index contributed by atoms with van der Waals surface area (Å²) in [6.45, 7) is 8.95. The van der Waals surface area contributed by atoms with E-state index in [4.69, 9.17) is 9.47 Å². The summed E-state index contributed by atoms with van der Waals surface area (Å²) in [6.07, 6.45) is 0.311. The van der Waals surface area contributed by atoms with Gasteiger partial charge in [-0.2, -0.15) is 0 Å². The molecule has 1 heterocycles. The highest BCUT2D eigenvalue weighted by atomic mass is 32.2. The smallest absolute Gasteiger partial charge is 0.408 e. The van der Waals surface area contributed by atoms with Gasteiger partial charge in [0.05, 0.1) is 11.8 Å². The second-order valence-electron chi connectivity index (χ2n) is 11.6. The van der Waals surface area contributed by atoms with Crippen molar-refractivity contribution in [3.05, 3.63) is 71.7 Å². The van der Waals surface area contributed by atoms with Gasteiger partial charge in [0.25, 0.3) is 0 Å². The number of carboxylic acid groups (broad SMARTS) is 1. The van der Waals surface area contributed by atoms with Crippen LogP contribution in [0.25, 0.3) is 11.1 Å². The monoisotopic (exact) mass is 637 g/mol. The normalized spacial score (nSPS) is 13.6. The molecule has 0 fully saturated rings. The molecule has 45 heavy (non-hydrogen) atoms. The summed E-state index contributed by atoms with van der Waals surface area (Å²) in [6, 6.07) is 14.6. The van der Waals surface area contributed by atoms with Crippen LogP contribution >= 0.6 is 11.8 Å². The average Bonchev–Trinajstić information content (AvgIpc) is 3.55. The Labute approximate surface area is 266 Å². The SMILES string of the molecule is CC(C(=O)O)n1cc(SCC(=O)NCCNC(=O)OCC2c3ccccc3-c3ccccc32)nc1[C@H](C)NC(=O)OC(C)(C)C. The number of rotatable bonds is 12. The number of ether oxygens (including phenoxy) is 2. The number of nitrogens with zero attached hydrogens (tertiary/aromatic N) is 2. The van der Waals surface area contributed by atoms with Crippen molar-refractivity contribution in [3.8, 4) is 11.1 Å². The van der Waals surface area contributed by atoms with E-state index in [9.17, 15) is 24.3 Å². The Hall–Kier alpha value is -4.52. The number of benzene rings is 2. The van der Waals surface area contributed by atoms with Gasteiger partial charge in [-0.3, -0.25) is 4.79 Å². The molecule has 0 spiro atoms. The number of hydrogen-bond acceptors (Lipinski definition) is 8. The van der Waals surface area contributed by atoms with Crippen LogP contribution in [0.5, 0.6) is 0 Å². The Morgan fingerprint density at radius 1 is 0.956 bits per heavy atom. The summed E-state index contributed by atoms with van der Waals surface area (Å²) in [5, 5.41) is 18.0. The predicted molar refractivity (Wildman–Crippen MR) is 169 cm³/mol. The minimum absolute atomic E-state index is 0.0106. The van der Waals surface area contributed by atoms with Gasteiger partial charge in [-0.15, -0.1) is 0 Å². The van der Waals surface area contributed by atoms with Gasteiger partial charge in [-0.25, -0.2) is 19.4 Å². The van der Waals surface area contributed by atoms with Gasteiger partial charge in [-0.1, -0.05) is 60.3 Å². The third-order valence-corrected chi connectivity index (χ3v) is 7.94. The highest BCUT2D eigenvalue weighted by Gasteiger charge is 2.29.